The van der Waals surface area contributed by atoms with E-state index in [0.717, 1.165) is 11.3 Å². The Morgan fingerprint density at radius 1 is 1.00 bits per heavy atom. The summed E-state index contributed by atoms with van der Waals surface area (Å²) in [5.74, 6) is -0.326. The zero-order chi connectivity index (χ0) is 22.3. The van der Waals surface area contributed by atoms with Crippen molar-refractivity contribution in [2.45, 2.75) is 11.4 Å². The van der Waals surface area contributed by atoms with Gasteiger partial charge in [-0.05, 0) is 54.6 Å². The molecule has 31 heavy (non-hydrogen) atoms. The van der Waals surface area contributed by atoms with Crippen LogP contribution in [-0.4, -0.2) is 21.4 Å². The molecule has 0 aliphatic rings. The molecule has 160 valence electrons. The molecule has 3 aromatic rings. The molecule has 8 heteroatoms. The molecule has 0 fully saturated rings. The summed E-state index contributed by atoms with van der Waals surface area (Å²) in [6.07, 6.45) is 2.97. The van der Waals surface area contributed by atoms with Crippen LogP contribution in [0.25, 0.3) is 6.08 Å². The van der Waals surface area contributed by atoms with Gasteiger partial charge >= 0.3 is 0 Å². The van der Waals surface area contributed by atoms with E-state index in [2.05, 4.69) is 15.4 Å². The molecule has 0 saturated heterocycles. The number of benzene rings is 3. The van der Waals surface area contributed by atoms with E-state index in [1.165, 1.54) is 25.3 Å². The molecule has 0 radical (unpaired) electrons. The standard InChI is InChI=1S/C23H22ClN3O3S/c1-25-31(29,30)20-11-7-17(8-12-20)9-14-23(28)27-19-10-13-22(21(24)15-19)26-16-18-5-3-2-4-6-18/h2-15,25-26H,16H2,1H3,(H,27,28). The third-order valence-electron chi connectivity index (χ3n) is 4.45. The highest BCUT2D eigenvalue weighted by Crippen LogP contribution is 2.26. The number of anilines is 2. The summed E-state index contributed by atoms with van der Waals surface area (Å²) in [4.78, 5) is 12.4. The molecule has 0 bridgehead atoms. The third kappa shape index (κ3) is 6.42. The maximum atomic E-state index is 12.2. The number of amides is 1. The van der Waals surface area contributed by atoms with Crippen molar-refractivity contribution in [2.24, 2.45) is 0 Å². The topological polar surface area (TPSA) is 87.3 Å². The summed E-state index contributed by atoms with van der Waals surface area (Å²) < 4.78 is 25.7. The number of sulfonamides is 1. The number of hydrogen-bond donors (Lipinski definition) is 3. The number of carbonyl (C=O) groups is 1. The SMILES string of the molecule is CNS(=O)(=O)c1ccc(C=CC(=O)Nc2ccc(NCc3ccccc3)c(Cl)c2)cc1. The van der Waals surface area contributed by atoms with Crippen LogP contribution in [0.15, 0.2) is 83.8 Å². The first-order valence-electron chi connectivity index (χ1n) is 9.47. The average molecular weight is 456 g/mol. The first-order chi connectivity index (χ1) is 14.9. The Bertz CT molecular complexity index is 1180. The van der Waals surface area contributed by atoms with Crippen LogP contribution >= 0.6 is 11.6 Å². The van der Waals surface area contributed by atoms with Gasteiger partial charge in [0.15, 0.2) is 0 Å². The summed E-state index contributed by atoms with van der Waals surface area (Å²) >= 11 is 6.33. The van der Waals surface area contributed by atoms with E-state index in [-0.39, 0.29) is 10.8 Å². The van der Waals surface area contributed by atoms with Gasteiger partial charge in [-0.1, -0.05) is 54.1 Å². The van der Waals surface area contributed by atoms with Crippen LogP contribution in [0.4, 0.5) is 11.4 Å². The van der Waals surface area contributed by atoms with E-state index in [9.17, 15) is 13.2 Å². The van der Waals surface area contributed by atoms with Crippen LogP contribution in [0.5, 0.6) is 0 Å². The fraction of sp³-hybridized carbons (Fsp3) is 0.0870. The van der Waals surface area contributed by atoms with Crippen LogP contribution in [0.2, 0.25) is 5.02 Å². The summed E-state index contributed by atoms with van der Waals surface area (Å²) in [6.45, 7) is 0.642. The lowest BCUT2D eigenvalue weighted by Gasteiger charge is -2.10. The average Bonchev–Trinajstić information content (AvgIpc) is 2.78. The maximum Gasteiger partial charge on any atom is 0.248 e. The lowest BCUT2D eigenvalue weighted by molar-refractivity contribution is -0.111. The number of nitrogens with one attached hydrogen (secondary N) is 3. The van der Waals surface area contributed by atoms with Crippen molar-refractivity contribution in [2.75, 3.05) is 17.7 Å². The lowest BCUT2D eigenvalue weighted by Crippen LogP contribution is -2.18. The Balaban J connectivity index is 1.58. The minimum atomic E-state index is -3.49. The van der Waals surface area contributed by atoms with E-state index in [0.29, 0.717) is 22.8 Å². The van der Waals surface area contributed by atoms with Gasteiger partial charge in [-0.15, -0.1) is 0 Å². The summed E-state index contributed by atoms with van der Waals surface area (Å²) in [7, 11) is -2.13. The third-order valence-corrected chi connectivity index (χ3v) is 6.19. The molecule has 0 unspecified atom stereocenters. The molecule has 6 nitrogen and oxygen atoms in total. The first kappa shape index (κ1) is 22.6. The monoisotopic (exact) mass is 455 g/mol. The van der Waals surface area contributed by atoms with E-state index < -0.39 is 10.0 Å². The number of carbonyl (C=O) groups excluding carboxylic acids is 1. The number of rotatable bonds is 8. The molecule has 3 aromatic carbocycles. The van der Waals surface area contributed by atoms with Gasteiger partial charge in [0, 0.05) is 18.3 Å². The molecule has 0 aliphatic heterocycles. The molecule has 0 heterocycles. The van der Waals surface area contributed by atoms with Crippen LogP contribution < -0.4 is 15.4 Å². The zero-order valence-corrected chi connectivity index (χ0v) is 18.4. The van der Waals surface area contributed by atoms with Gasteiger partial charge in [0.1, 0.15) is 0 Å². The normalized spacial score (nSPS) is 11.4. The zero-order valence-electron chi connectivity index (χ0n) is 16.8. The van der Waals surface area contributed by atoms with Crippen molar-refractivity contribution in [1.29, 1.82) is 0 Å². The van der Waals surface area contributed by atoms with E-state index in [4.69, 9.17) is 11.6 Å². The van der Waals surface area contributed by atoms with Crippen molar-refractivity contribution in [3.05, 3.63) is 95.0 Å². The Hall–Kier alpha value is -3.13. The van der Waals surface area contributed by atoms with Gasteiger partial charge in [-0.25, -0.2) is 13.1 Å². The van der Waals surface area contributed by atoms with E-state index >= 15 is 0 Å². The van der Waals surface area contributed by atoms with Gasteiger partial charge in [0.25, 0.3) is 0 Å². The number of halogens is 1. The van der Waals surface area contributed by atoms with Crippen molar-refractivity contribution in [3.8, 4) is 0 Å². The van der Waals surface area contributed by atoms with Crippen LogP contribution in [-0.2, 0) is 21.4 Å². The maximum absolute atomic E-state index is 12.2. The highest BCUT2D eigenvalue weighted by atomic mass is 35.5. The van der Waals surface area contributed by atoms with Gasteiger partial charge in [0.2, 0.25) is 15.9 Å². The van der Waals surface area contributed by atoms with Crippen molar-refractivity contribution in [3.63, 3.8) is 0 Å². The van der Waals surface area contributed by atoms with Crippen LogP contribution in [0.1, 0.15) is 11.1 Å². The molecule has 3 rings (SSSR count). The van der Waals surface area contributed by atoms with Gasteiger partial charge in [0.05, 0.1) is 15.6 Å². The smallest absolute Gasteiger partial charge is 0.248 e. The predicted octanol–water partition coefficient (Wildman–Crippen LogP) is 4.51. The Morgan fingerprint density at radius 3 is 2.35 bits per heavy atom. The molecule has 0 aliphatic carbocycles. The van der Waals surface area contributed by atoms with Gasteiger partial charge in [-0.3, -0.25) is 4.79 Å². The fourth-order valence-corrected chi connectivity index (χ4v) is 3.74. The molecule has 0 spiro atoms. The van der Waals surface area contributed by atoms with Crippen LogP contribution in [0, 0.1) is 0 Å². The fourth-order valence-electron chi connectivity index (χ4n) is 2.76. The Kier molecular flexibility index (Phi) is 7.46. The molecule has 0 aromatic heterocycles. The summed E-state index contributed by atoms with van der Waals surface area (Å²) in [5.41, 5.74) is 3.18. The van der Waals surface area contributed by atoms with Gasteiger partial charge in [-0.2, -0.15) is 0 Å². The largest absolute Gasteiger partial charge is 0.380 e. The van der Waals surface area contributed by atoms with E-state index in [1.807, 2.05) is 36.4 Å². The van der Waals surface area contributed by atoms with Crippen molar-refractivity contribution < 1.29 is 13.2 Å². The molecule has 0 saturated carbocycles. The van der Waals surface area contributed by atoms with E-state index in [1.54, 1.807) is 30.3 Å². The van der Waals surface area contributed by atoms with Gasteiger partial charge < -0.3 is 10.6 Å². The predicted molar refractivity (Wildman–Crippen MR) is 126 cm³/mol. The minimum absolute atomic E-state index is 0.159. The highest BCUT2D eigenvalue weighted by molar-refractivity contribution is 7.89. The summed E-state index contributed by atoms with van der Waals surface area (Å²) in [6, 6.07) is 21.4. The summed E-state index contributed by atoms with van der Waals surface area (Å²) in [5, 5.41) is 6.52. The van der Waals surface area contributed by atoms with Crippen molar-refractivity contribution >= 4 is 45.0 Å². The van der Waals surface area contributed by atoms with Crippen molar-refractivity contribution in [1.82, 2.24) is 4.72 Å². The Labute approximate surface area is 187 Å². The second-order valence-electron chi connectivity index (χ2n) is 6.63. The lowest BCUT2D eigenvalue weighted by atomic mass is 10.2. The molecular weight excluding hydrogens is 434 g/mol. The molecule has 0 atom stereocenters. The minimum Gasteiger partial charge on any atom is -0.380 e. The Morgan fingerprint density at radius 2 is 1.71 bits per heavy atom. The second kappa shape index (κ2) is 10.3. The molecule has 1 amide bonds. The highest BCUT2D eigenvalue weighted by Gasteiger charge is 2.10. The quantitative estimate of drug-likeness (QED) is 0.436. The number of hydrogen-bond acceptors (Lipinski definition) is 4. The molecule has 3 N–H and O–H groups in total. The van der Waals surface area contributed by atoms with Crippen LogP contribution in [0.3, 0.4) is 0 Å². The molecular formula is C23H22ClN3O3S. The second-order valence-corrected chi connectivity index (χ2v) is 8.93. The first-order valence-corrected chi connectivity index (χ1v) is 11.3.